The molecule has 1 saturated carbocycles. The van der Waals surface area contributed by atoms with E-state index in [1.165, 1.54) is 29.7 Å². The molecule has 3 atom stereocenters. The van der Waals surface area contributed by atoms with E-state index in [1.54, 1.807) is 6.26 Å². The van der Waals surface area contributed by atoms with Crippen LogP contribution in [0.2, 0.25) is 0 Å². The van der Waals surface area contributed by atoms with Crippen LogP contribution in [0.4, 0.5) is 0 Å². The number of furan rings is 1. The second-order valence-corrected chi connectivity index (χ2v) is 7.09. The molecule has 1 heterocycles. The van der Waals surface area contributed by atoms with Gasteiger partial charge < -0.3 is 9.73 Å². The summed E-state index contributed by atoms with van der Waals surface area (Å²) in [7, 11) is 2.09. The van der Waals surface area contributed by atoms with Crippen molar-refractivity contribution in [2.24, 2.45) is 0 Å². The fourth-order valence-electron chi connectivity index (χ4n) is 3.28. The Morgan fingerprint density at radius 3 is 2.62 bits per heavy atom. The summed E-state index contributed by atoms with van der Waals surface area (Å²) in [5, 5.41) is 4.11. The Bertz CT molecular complexity index is 566. The summed E-state index contributed by atoms with van der Waals surface area (Å²) < 4.78 is 5.45. The first-order valence-corrected chi connectivity index (χ1v) is 8.59. The highest BCUT2D eigenvalue weighted by molar-refractivity contribution is 8.00. The minimum Gasteiger partial charge on any atom is -0.468 e. The first-order valence-electron chi connectivity index (χ1n) is 7.71. The summed E-state index contributed by atoms with van der Waals surface area (Å²) in [6, 6.07) is 13.6. The fraction of sp³-hybridized carbons (Fsp3) is 0.444. The van der Waals surface area contributed by atoms with Gasteiger partial charge in [0.15, 0.2) is 0 Å². The van der Waals surface area contributed by atoms with Crippen LogP contribution in [0, 0.1) is 6.92 Å². The first-order chi connectivity index (χ1) is 10.3. The molecule has 1 aromatic heterocycles. The van der Waals surface area contributed by atoms with Gasteiger partial charge in [-0.2, -0.15) is 0 Å². The molecule has 0 saturated heterocycles. The quantitative estimate of drug-likeness (QED) is 0.893. The van der Waals surface area contributed by atoms with Crippen LogP contribution in [-0.4, -0.2) is 18.3 Å². The number of rotatable bonds is 4. The van der Waals surface area contributed by atoms with Crippen LogP contribution >= 0.6 is 11.8 Å². The molecule has 0 radical (unpaired) electrons. The molecule has 0 amide bonds. The van der Waals surface area contributed by atoms with E-state index in [9.17, 15) is 0 Å². The smallest absolute Gasteiger partial charge is 0.114 e. The Morgan fingerprint density at radius 1 is 1.14 bits per heavy atom. The lowest BCUT2D eigenvalue weighted by Gasteiger charge is -2.35. The lowest BCUT2D eigenvalue weighted by atomic mass is 9.81. The van der Waals surface area contributed by atoms with Gasteiger partial charge in [-0.25, -0.2) is 0 Å². The topological polar surface area (TPSA) is 25.2 Å². The molecule has 2 nitrogen and oxygen atoms in total. The van der Waals surface area contributed by atoms with Crippen LogP contribution < -0.4 is 5.32 Å². The monoisotopic (exact) mass is 301 g/mol. The lowest BCUT2D eigenvalue weighted by molar-refractivity contribution is 0.369. The van der Waals surface area contributed by atoms with Gasteiger partial charge in [-0.3, -0.25) is 0 Å². The number of hydrogen-bond donors (Lipinski definition) is 1. The van der Waals surface area contributed by atoms with Crippen molar-refractivity contribution < 1.29 is 4.42 Å². The molecule has 21 heavy (non-hydrogen) atoms. The molecule has 1 aliphatic carbocycles. The average molecular weight is 301 g/mol. The van der Waals surface area contributed by atoms with E-state index < -0.39 is 0 Å². The molecule has 1 aromatic carbocycles. The number of thioether (sulfide) groups is 1. The zero-order chi connectivity index (χ0) is 14.7. The molecule has 3 rings (SSSR count). The molecule has 1 fully saturated rings. The van der Waals surface area contributed by atoms with Gasteiger partial charge >= 0.3 is 0 Å². The maximum Gasteiger partial charge on any atom is 0.114 e. The summed E-state index contributed by atoms with van der Waals surface area (Å²) in [5.74, 6) is 1.72. The van der Waals surface area contributed by atoms with E-state index in [1.807, 2.05) is 18.7 Å². The predicted molar refractivity (Wildman–Crippen MR) is 89.0 cm³/mol. The Hall–Kier alpha value is -1.19. The molecular formula is C18H23NOS. The normalized spacial score (nSPS) is 25.9. The van der Waals surface area contributed by atoms with Crippen molar-refractivity contribution >= 4 is 11.8 Å². The molecule has 0 aliphatic heterocycles. The molecule has 0 bridgehead atoms. The summed E-state index contributed by atoms with van der Waals surface area (Å²) in [6.45, 7) is 2.05. The van der Waals surface area contributed by atoms with Gasteiger partial charge in [0.2, 0.25) is 0 Å². The van der Waals surface area contributed by atoms with Crippen LogP contribution in [0.5, 0.6) is 0 Å². The van der Waals surface area contributed by atoms with E-state index in [0.29, 0.717) is 17.2 Å². The molecule has 1 aliphatic rings. The van der Waals surface area contributed by atoms with Crippen LogP contribution in [0.15, 0.2) is 52.0 Å². The highest BCUT2D eigenvalue weighted by atomic mass is 32.2. The van der Waals surface area contributed by atoms with Crippen molar-refractivity contribution in [3.8, 4) is 0 Å². The molecule has 2 aromatic rings. The van der Waals surface area contributed by atoms with Crippen LogP contribution in [0.3, 0.4) is 0 Å². The molecular weight excluding hydrogens is 278 g/mol. The van der Waals surface area contributed by atoms with E-state index in [-0.39, 0.29) is 0 Å². The van der Waals surface area contributed by atoms with E-state index in [2.05, 4.69) is 48.8 Å². The van der Waals surface area contributed by atoms with Gasteiger partial charge in [-0.05, 0) is 50.8 Å². The lowest BCUT2D eigenvalue weighted by Crippen LogP contribution is -2.40. The molecule has 3 heteroatoms. The standard InChI is InChI=1S/C18H23NOS/c1-13-17(10-11-20-13)21-18-12-15(8-9-16(18)19-2)14-6-4-3-5-7-14/h3-7,10-11,15-16,18-19H,8-9,12H2,1-2H3. The summed E-state index contributed by atoms with van der Waals surface area (Å²) in [4.78, 5) is 1.29. The minimum atomic E-state index is 0.587. The highest BCUT2D eigenvalue weighted by Crippen LogP contribution is 2.41. The van der Waals surface area contributed by atoms with Gasteiger partial charge in [-0.1, -0.05) is 30.3 Å². The zero-order valence-corrected chi connectivity index (χ0v) is 13.5. The van der Waals surface area contributed by atoms with Crippen molar-refractivity contribution in [3.05, 3.63) is 54.0 Å². The van der Waals surface area contributed by atoms with Crippen molar-refractivity contribution in [3.63, 3.8) is 0 Å². The zero-order valence-electron chi connectivity index (χ0n) is 12.7. The highest BCUT2D eigenvalue weighted by Gasteiger charge is 2.31. The van der Waals surface area contributed by atoms with Crippen LogP contribution in [0.1, 0.15) is 36.5 Å². The van der Waals surface area contributed by atoms with Gasteiger partial charge in [-0.15, -0.1) is 11.8 Å². The van der Waals surface area contributed by atoms with Gasteiger partial charge in [0.1, 0.15) is 5.76 Å². The third-order valence-corrected chi connectivity index (χ3v) is 6.02. The molecule has 0 spiro atoms. The summed E-state index contributed by atoms with van der Waals surface area (Å²) in [5.41, 5.74) is 1.49. The number of benzene rings is 1. The van der Waals surface area contributed by atoms with Crippen molar-refractivity contribution in [1.29, 1.82) is 0 Å². The molecule has 1 N–H and O–H groups in total. The maximum absolute atomic E-state index is 5.45. The average Bonchev–Trinajstić information content (AvgIpc) is 2.93. The Balaban J connectivity index is 1.74. The Kier molecular flexibility index (Phi) is 4.71. The maximum atomic E-state index is 5.45. The third kappa shape index (κ3) is 3.35. The van der Waals surface area contributed by atoms with E-state index >= 15 is 0 Å². The molecule has 112 valence electrons. The third-order valence-electron chi connectivity index (χ3n) is 4.52. The van der Waals surface area contributed by atoms with Crippen LogP contribution in [-0.2, 0) is 0 Å². The summed E-state index contributed by atoms with van der Waals surface area (Å²) in [6.07, 6.45) is 5.54. The predicted octanol–water partition coefficient (Wildman–Crippen LogP) is 4.60. The Morgan fingerprint density at radius 2 is 1.95 bits per heavy atom. The number of aryl methyl sites for hydroxylation is 1. The Labute approximate surface area is 131 Å². The number of hydrogen-bond acceptors (Lipinski definition) is 3. The van der Waals surface area contributed by atoms with Gasteiger partial charge in [0.05, 0.1) is 6.26 Å². The van der Waals surface area contributed by atoms with Crippen molar-refractivity contribution in [2.75, 3.05) is 7.05 Å². The second-order valence-electron chi connectivity index (χ2n) is 5.81. The van der Waals surface area contributed by atoms with Gasteiger partial charge in [0.25, 0.3) is 0 Å². The van der Waals surface area contributed by atoms with Crippen molar-refractivity contribution in [1.82, 2.24) is 5.32 Å². The van der Waals surface area contributed by atoms with Gasteiger partial charge in [0, 0.05) is 16.2 Å². The van der Waals surface area contributed by atoms with E-state index in [4.69, 9.17) is 4.42 Å². The minimum absolute atomic E-state index is 0.587. The fourth-order valence-corrected chi connectivity index (χ4v) is 4.72. The van der Waals surface area contributed by atoms with Crippen LogP contribution in [0.25, 0.3) is 0 Å². The second kappa shape index (κ2) is 6.71. The first kappa shape index (κ1) is 14.7. The van der Waals surface area contributed by atoms with E-state index in [0.717, 1.165) is 5.76 Å². The van der Waals surface area contributed by atoms with Crippen molar-refractivity contribution in [2.45, 2.75) is 48.3 Å². The number of nitrogens with one attached hydrogen (secondary N) is 1. The SMILES string of the molecule is CNC1CCC(c2ccccc2)CC1Sc1ccoc1C. The molecule has 3 unspecified atom stereocenters. The summed E-state index contributed by atoms with van der Waals surface area (Å²) >= 11 is 1.97. The largest absolute Gasteiger partial charge is 0.468 e.